The summed E-state index contributed by atoms with van der Waals surface area (Å²) in [5.41, 5.74) is 2.45. The lowest BCUT2D eigenvalue weighted by Gasteiger charge is -2.21. The van der Waals surface area contributed by atoms with Gasteiger partial charge in [0.1, 0.15) is 18.3 Å². The van der Waals surface area contributed by atoms with Crippen LogP contribution in [0.3, 0.4) is 0 Å². The van der Waals surface area contributed by atoms with Crippen molar-refractivity contribution in [3.8, 4) is 12.3 Å². The summed E-state index contributed by atoms with van der Waals surface area (Å²) in [7, 11) is 0. The van der Waals surface area contributed by atoms with Crippen molar-refractivity contribution >= 4 is 52.5 Å². The van der Waals surface area contributed by atoms with Crippen molar-refractivity contribution in [2.24, 2.45) is 0 Å². The number of hydrazine groups is 1. The van der Waals surface area contributed by atoms with Crippen LogP contribution in [0.25, 0.3) is 5.83 Å². The molecule has 3 aromatic rings. The van der Waals surface area contributed by atoms with E-state index in [1.807, 2.05) is 0 Å². The number of hydrogen-bond donors (Lipinski definition) is 1. The number of allylic oxidation sites excluding steroid dienone is 1. The second-order valence-electron chi connectivity index (χ2n) is 7.64. The van der Waals surface area contributed by atoms with E-state index in [0.29, 0.717) is 11.6 Å². The molecule has 0 radical (unpaired) electrons. The van der Waals surface area contributed by atoms with Gasteiger partial charge < -0.3 is 0 Å². The van der Waals surface area contributed by atoms with Crippen LogP contribution in [0.5, 0.6) is 0 Å². The molecule has 1 aromatic heterocycles. The van der Waals surface area contributed by atoms with Crippen LogP contribution >= 0.6 is 34.8 Å². The minimum atomic E-state index is -4.85. The number of hydrogen-bond acceptors (Lipinski definition) is 4. The van der Waals surface area contributed by atoms with E-state index in [4.69, 9.17) is 41.2 Å². The molecule has 12 heteroatoms. The molecule has 37 heavy (non-hydrogen) atoms. The molecule has 1 N–H and O–H groups in total. The van der Waals surface area contributed by atoms with Gasteiger partial charge in [-0.25, -0.2) is 19.4 Å². The Morgan fingerprint density at radius 2 is 1.78 bits per heavy atom. The smallest absolute Gasteiger partial charge is 0.267 e. The van der Waals surface area contributed by atoms with E-state index in [0.717, 1.165) is 12.1 Å². The number of aryl methyl sites for hydroxylation is 1. The van der Waals surface area contributed by atoms with E-state index in [2.05, 4.69) is 21.3 Å². The first kappa shape index (κ1) is 28.3. The minimum absolute atomic E-state index is 0.0399. The van der Waals surface area contributed by atoms with Crippen LogP contribution in [0.4, 0.5) is 23.5 Å². The number of terminal acetylenes is 1. The number of benzene rings is 2. The van der Waals surface area contributed by atoms with Crippen molar-refractivity contribution < 1.29 is 22.4 Å². The van der Waals surface area contributed by atoms with Gasteiger partial charge in [0.25, 0.3) is 5.91 Å². The molecule has 0 aliphatic heterocycles. The number of alkyl halides is 3. The summed E-state index contributed by atoms with van der Waals surface area (Å²) < 4.78 is 56.5. The lowest BCUT2D eigenvalue weighted by molar-refractivity contribution is -0.139. The Kier molecular flexibility index (Phi) is 9.02. The van der Waals surface area contributed by atoms with Crippen LogP contribution in [0, 0.1) is 19.3 Å². The Bertz CT molecular complexity index is 1350. The molecule has 0 saturated carbocycles. The van der Waals surface area contributed by atoms with Gasteiger partial charge >= 0.3 is 6.18 Å². The zero-order chi connectivity index (χ0) is 27.3. The average Bonchev–Trinajstić information content (AvgIpc) is 2.84. The molecule has 1 amide bonds. The number of rotatable bonds is 7. The van der Waals surface area contributed by atoms with E-state index in [1.165, 1.54) is 42.5 Å². The first-order valence-electron chi connectivity index (χ1n) is 10.4. The molecule has 2 aromatic carbocycles. The van der Waals surface area contributed by atoms with Crippen molar-refractivity contribution in [1.82, 2.24) is 15.4 Å². The van der Waals surface area contributed by atoms with E-state index in [9.17, 15) is 18.0 Å². The number of anilines is 1. The fraction of sp³-hybridized carbons (Fsp3) is 0.160. The Balaban J connectivity index is 1.90. The Labute approximate surface area is 225 Å². The van der Waals surface area contributed by atoms with Crippen LogP contribution in [0.2, 0.25) is 15.1 Å². The van der Waals surface area contributed by atoms with Crippen molar-refractivity contribution in [2.75, 3.05) is 11.6 Å². The molecule has 0 aliphatic rings. The third-order valence-corrected chi connectivity index (χ3v) is 6.25. The third kappa shape index (κ3) is 6.92. The number of aromatic nitrogens is 2. The normalized spacial score (nSPS) is 12.6. The SMILES string of the molecule is C#CCN(NC(=O)c1ccc(/C(F)=C/C(c2cc(Cl)c(Cl)c(Cl)c2)C(F)(F)F)cc1C)c1ncccn1. The van der Waals surface area contributed by atoms with E-state index < -0.39 is 23.8 Å². The van der Waals surface area contributed by atoms with Gasteiger partial charge in [-0.3, -0.25) is 10.2 Å². The van der Waals surface area contributed by atoms with Crippen molar-refractivity contribution in [1.29, 1.82) is 0 Å². The third-order valence-electron chi connectivity index (χ3n) is 5.06. The van der Waals surface area contributed by atoms with Gasteiger partial charge in [0, 0.05) is 23.5 Å². The highest BCUT2D eigenvalue weighted by Gasteiger charge is 2.40. The number of nitrogens with zero attached hydrogens (tertiary/aromatic N) is 3. The average molecular weight is 572 g/mol. The van der Waals surface area contributed by atoms with E-state index >= 15 is 4.39 Å². The highest BCUT2D eigenvalue weighted by atomic mass is 35.5. The lowest BCUT2D eigenvalue weighted by atomic mass is 9.95. The second kappa shape index (κ2) is 11.8. The second-order valence-corrected chi connectivity index (χ2v) is 8.83. The maximum Gasteiger partial charge on any atom is 0.399 e. The van der Waals surface area contributed by atoms with Crippen LogP contribution in [0.1, 0.15) is 33.0 Å². The molecule has 0 fully saturated rings. The molecular formula is C25H17Cl3F4N4O. The van der Waals surface area contributed by atoms with Gasteiger partial charge in [-0.05, 0) is 54.5 Å². The largest absolute Gasteiger partial charge is 0.399 e. The zero-order valence-electron chi connectivity index (χ0n) is 19.0. The predicted molar refractivity (Wildman–Crippen MR) is 136 cm³/mol. The number of nitrogens with one attached hydrogen (secondary N) is 1. The van der Waals surface area contributed by atoms with Crippen LogP contribution in [-0.4, -0.2) is 28.6 Å². The number of carbonyl (C=O) groups excluding carboxylic acids is 1. The summed E-state index contributed by atoms with van der Waals surface area (Å²) in [6.07, 6.45) is 3.84. The highest BCUT2D eigenvalue weighted by molar-refractivity contribution is 6.48. The molecule has 5 nitrogen and oxygen atoms in total. The van der Waals surface area contributed by atoms with Gasteiger partial charge in [0.2, 0.25) is 5.95 Å². The first-order chi connectivity index (χ1) is 17.4. The molecular weight excluding hydrogens is 555 g/mol. The summed E-state index contributed by atoms with van der Waals surface area (Å²) in [5, 5.41) is 0.741. The first-order valence-corrected chi connectivity index (χ1v) is 11.5. The van der Waals surface area contributed by atoms with Crippen molar-refractivity contribution in [3.05, 3.63) is 92.2 Å². The number of amides is 1. The Hall–Kier alpha value is -3.32. The van der Waals surface area contributed by atoms with Crippen molar-refractivity contribution in [3.63, 3.8) is 0 Å². The fourth-order valence-electron chi connectivity index (χ4n) is 3.31. The Morgan fingerprint density at radius 1 is 1.16 bits per heavy atom. The van der Waals surface area contributed by atoms with Gasteiger partial charge in [-0.1, -0.05) is 46.8 Å². The lowest BCUT2D eigenvalue weighted by Crippen LogP contribution is -2.43. The number of carbonyl (C=O) groups is 1. The summed E-state index contributed by atoms with van der Waals surface area (Å²) >= 11 is 17.6. The van der Waals surface area contributed by atoms with E-state index in [1.54, 1.807) is 6.07 Å². The summed E-state index contributed by atoms with van der Waals surface area (Å²) in [4.78, 5) is 20.9. The maximum absolute atomic E-state index is 15.0. The molecule has 0 aliphatic carbocycles. The predicted octanol–water partition coefficient (Wildman–Crippen LogP) is 7.19. The highest BCUT2D eigenvalue weighted by Crippen LogP contribution is 2.42. The van der Waals surface area contributed by atoms with Gasteiger partial charge in [0.05, 0.1) is 15.1 Å². The molecule has 0 bridgehead atoms. The molecule has 0 saturated heterocycles. The van der Waals surface area contributed by atoms with Crippen molar-refractivity contribution in [2.45, 2.75) is 19.0 Å². The molecule has 1 heterocycles. The van der Waals surface area contributed by atoms with Crippen LogP contribution in [0.15, 0.2) is 54.9 Å². The fourth-order valence-corrected chi connectivity index (χ4v) is 3.92. The Morgan fingerprint density at radius 3 is 2.32 bits per heavy atom. The minimum Gasteiger partial charge on any atom is -0.267 e. The summed E-state index contributed by atoms with van der Waals surface area (Å²) in [6, 6.07) is 7.27. The van der Waals surface area contributed by atoms with Gasteiger partial charge in [-0.15, -0.1) is 6.42 Å². The number of halogens is 7. The molecule has 1 atom stereocenters. The zero-order valence-corrected chi connectivity index (χ0v) is 21.2. The molecule has 192 valence electrons. The molecule has 1 unspecified atom stereocenters. The summed E-state index contributed by atoms with van der Waals surface area (Å²) in [6.45, 7) is 1.47. The van der Waals surface area contributed by atoms with Crippen LogP contribution in [-0.2, 0) is 0 Å². The van der Waals surface area contributed by atoms with Gasteiger partial charge in [0.15, 0.2) is 0 Å². The topological polar surface area (TPSA) is 58.1 Å². The molecule has 0 spiro atoms. The summed E-state index contributed by atoms with van der Waals surface area (Å²) in [5.74, 6) is -1.59. The monoisotopic (exact) mass is 570 g/mol. The standard InChI is InChI=1S/C25H17Cl3F4N4O/c1-3-9-36(24-33-7-4-8-34-24)35-23(37)17-6-5-15(10-14(17)2)21(29)13-18(25(30,31)32)16-11-19(26)22(28)20(27)12-16/h1,4-8,10-13,18H,9H2,2H3,(H,35,37)/b21-13-. The maximum atomic E-state index is 15.0. The quantitative estimate of drug-likeness (QED) is 0.141. The molecule has 3 rings (SSSR count). The van der Waals surface area contributed by atoms with E-state index in [-0.39, 0.29) is 44.3 Å². The van der Waals surface area contributed by atoms with Crippen LogP contribution < -0.4 is 10.4 Å². The van der Waals surface area contributed by atoms with Gasteiger partial charge in [-0.2, -0.15) is 13.2 Å².